The smallest absolute Gasteiger partial charge is 0.245 e. The van der Waals surface area contributed by atoms with E-state index in [2.05, 4.69) is 0 Å². The highest BCUT2D eigenvalue weighted by Crippen LogP contribution is 2.27. The Kier molecular flexibility index (Phi) is 4.29. The van der Waals surface area contributed by atoms with E-state index < -0.39 is 19.9 Å². The number of benzene rings is 1. The summed E-state index contributed by atoms with van der Waals surface area (Å²) in [6.07, 6.45) is 1.02. The minimum atomic E-state index is -3.86. The molecular weight excluding hydrogens is 316 g/mol. The van der Waals surface area contributed by atoms with Crippen molar-refractivity contribution < 1.29 is 21.6 Å². The summed E-state index contributed by atoms with van der Waals surface area (Å²) in [5.74, 6) is 0. The third-order valence-electron chi connectivity index (χ3n) is 3.31. The lowest BCUT2D eigenvalue weighted by atomic mass is 10.3. The fourth-order valence-electron chi connectivity index (χ4n) is 2.16. The van der Waals surface area contributed by atoms with Crippen molar-refractivity contribution in [3.05, 3.63) is 18.2 Å². The van der Waals surface area contributed by atoms with Crippen LogP contribution in [0, 0.1) is 0 Å². The molecule has 1 fully saturated rings. The monoisotopic (exact) mass is 334 g/mol. The average molecular weight is 334 g/mol. The van der Waals surface area contributed by atoms with Crippen LogP contribution in [0.25, 0.3) is 0 Å². The Morgan fingerprint density at radius 3 is 2.52 bits per heavy atom. The van der Waals surface area contributed by atoms with Crippen LogP contribution in [0.15, 0.2) is 28.0 Å². The molecule has 7 nitrogen and oxygen atoms in total. The van der Waals surface area contributed by atoms with Crippen LogP contribution in [0.4, 0.5) is 5.69 Å². The molecule has 0 bridgehead atoms. The van der Waals surface area contributed by atoms with Crippen molar-refractivity contribution >= 4 is 25.5 Å². The number of hydrogen-bond acceptors (Lipinski definition) is 6. The minimum absolute atomic E-state index is 0.0288. The van der Waals surface area contributed by atoms with Crippen molar-refractivity contribution in [2.24, 2.45) is 0 Å². The van der Waals surface area contributed by atoms with Gasteiger partial charge in [0.05, 0.1) is 23.8 Å². The van der Waals surface area contributed by atoms with Crippen molar-refractivity contribution in [1.82, 2.24) is 4.31 Å². The molecule has 1 atom stereocenters. The van der Waals surface area contributed by atoms with E-state index in [4.69, 9.17) is 10.5 Å². The molecule has 1 aliphatic rings. The van der Waals surface area contributed by atoms with E-state index in [1.54, 1.807) is 6.92 Å². The van der Waals surface area contributed by atoms with E-state index in [9.17, 15) is 16.8 Å². The van der Waals surface area contributed by atoms with Gasteiger partial charge in [-0.3, -0.25) is 0 Å². The van der Waals surface area contributed by atoms with Crippen LogP contribution in [0.5, 0.6) is 0 Å². The molecule has 0 spiro atoms. The predicted octanol–water partition coefficient (Wildman–Crippen LogP) is 0.0817. The fraction of sp³-hybridized carbons (Fsp3) is 0.500. The standard InChI is InChI=1S/C12H18N2O5S2/c1-9-8-19-6-5-14(9)21(17,18)12-7-10(20(2,15)16)3-4-11(12)13/h3-4,7,9H,5-6,8,13H2,1-2H3. The number of anilines is 1. The lowest BCUT2D eigenvalue weighted by Gasteiger charge is -2.32. The van der Waals surface area contributed by atoms with Gasteiger partial charge >= 0.3 is 0 Å². The Morgan fingerprint density at radius 2 is 1.95 bits per heavy atom. The fourth-order valence-corrected chi connectivity index (χ4v) is 4.63. The molecule has 1 aromatic rings. The molecule has 2 N–H and O–H groups in total. The first-order valence-electron chi connectivity index (χ1n) is 6.33. The van der Waals surface area contributed by atoms with Gasteiger partial charge in [0.25, 0.3) is 0 Å². The van der Waals surface area contributed by atoms with E-state index in [0.29, 0.717) is 13.2 Å². The molecule has 1 unspecified atom stereocenters. The van der Waals surface area contributed by atoms with Crippen molar-refractivity contribution in [3.63, 3.8) is 0 Å². The first kappa shape index (κ1) is 16.2. The van der Waals surface area contributed by atoms with Crippen molar-refractivity contribution in [3.8, 4) is 0 Å². The average Bonchev–Trinajstić information content (AvgIpc) is 2.37. The van der Waals surface area contributed by atoms with Gasteiger partial charge in [-0.05, 0) is 25.1 Å². The summed E-state index contributed by atoms with van der Waals surface area (Å²) < 4.78 is 55.1. The van der Waals surface area contributed by atoms with Gasteiger partial charge in [-0.15, -0.1) is 0 Å². The number of rotatable bonds is 3. The van der Waals surface area contributed by atoms with Crippen LogP contribution in [-0.2, 0) is 24.6 Å². The molecule has 0 amide bonds. The maximum absolute atomic E-state index is 12.7. The molecule has 1 heterocycles. The largest absolute Gasteiger partial charge is 0.398 e. The zero-order chi connectivity index (χ0) is 15.8. The van der Waals surface area contributed by atoms with Crippen LogP contribution in [-0.4, -0.2) is 53.2 Å². The van der Waals surface area contributed by atoms with E-state index in [1.807, 2.05) is 0 Å². The zero-order valence-electron chi connectivity index (χ0n) is 11.8. The number of nitrogens with two attached hydrogens (primary N) is 1. The number of sulfone groups is 1. The number of sulfonamides is 1. The number of hydrogen-bond donors (Lipinski definition) is 1. The summed E-state index contributed by atoms with van der Waals surface area (Å²) in [7, 11) is -7.37. The van der Waals surface area contributed by atoms with Crippen molar-refractivity contribution in [2.45, 2.75) is 22.8 Å². The zero-order valence-corrected chi connectivity index (χ0v) is 13.4. The summed E-state index contributed by atoms with van der Waals surface area (Å²) in [4.78, 5) is -0.254. The third kappa shape index (κ3) is 3.20. The first-order valence-corrected chi connectivity index (χ1v) is 9.66. The van der Waals surface area contributed by atoms with Gasteiger partial charge < -0.3 is 10.5 Å². The third-order valence-corrected chi connectivity index (χ3v) is 6.49. The van der Waals surface area contributed by atoms with Gasteiger partial charge in [0.2, 0.25) is 10.0 Å². The van der Waals surface area contributed by atoms with E-state index in [0.717, 1.165) is 12.3 Å². The highest BCUT2D eigenvalue weighted by Gasteiger charge is 2.33. The van der Waals surface area contributed by atoms with Gasteiger partial charge in [-0.25, -0.2) is 16.8 Å². The molecule has 1 aliphatic heterocycles. The summed E-state index contributed by atoms with van der Waals surface area (Å²) in [6, 6.07) is 3.38. The molecule has 0 aliphatic carbocycles. The summed E-state index contributed by atoms with van der Waals surface area (Å²) in [6.45, 7) is 2.54. The Morgan fingerprint density at radius 1 is 1.29 bits per heavy atom. The van der Waals surface area contributed by atoms with Gasteiger partial charge in [-0.2, -0.15) is 4.31 Å². The minimum Gasteiger partial charge on any atom is -0.398 e. The topological polar surface area (TPSA) is 107 Å². The Labute approximate surface area is 124 Å². The number of ether oxygens (including phenoxy) is 1. The number of nitrogen functional groups attached to an aromatic ring is 1. The Balaban J connectivity index is 2.54. The van der Waals surface area contributed by atoms with Crippen LogP contribution in [0.1, 0.15) is 6.92 Å². The molecule has 21 heavy (non-hydrogen) atoms. The predicted molar refractivity (Wildman–Crippen MR) is 78.1 cm³/mol. The van der Waals surface area contributed by atoms with Crippen LogP contribution < -0.4 is 5.73 Å². The van der Waals surface area contributed by atoms with Crippen LogP contribution in [0.3, 0.4) is 0 Å². The molecule has 1 saturated heterocycles. The maximum Gasteiger partial charge on any atom is 0.245 e. The van der Waals surface area contributed by atoms with Gasteiger partial charge in [-0.1, -0.05) is 0 Å². The van der Waals surface area contributed by atoms with Crippen molar-refractivity contribution in [1.29, 1.82) is 0 Å². The van der Waals surface area contributed by atoms with E-state index in [1.165, 1.54) is 16.4 Å². The summed E-state index contributed by atoms with van der Waals surface area (Å²) >= 11 is 0. The van der Waals surface area contributed by atoms with Gasteiger partial charge in [0.1, 0.15) is 4.90 Å². The SMILES string of the molecule is CC1COCCN1S(=O)(=O)c1cc(S(C)(=O)=O)ccc1N. The number of nitrogens with zero attached hydrogens (tertiary/aromatic N) is 1. The molecule has 0 radical (unpaired) electrons. The molecule has 118 valence electrons. The second-order valence-corrected chi connectivity index (χ2v) is 8.89. The molecule has 0 aromatic heterocycles. The van der Waals surface area contributed by atoms with Crippen molar-refractivity contribution in [2.75, 3.05) is 31.7 Å². The second-order valence-electron chi connectivity index (χ2n) is 5.01. The Hall–Kier alpha value is -1.16. The summed E-state index contributed by atoms with van der Waals surface area (Å²) in [5.41, 5.74) is 5.77. The van der Waals surface area contributed by atoms with E-state index >= 15 is 0 Å². The quantitative estimate of drug-likeness (QED) is 0.785. The normalized spacial score (nSPS) is 21.3. The van der Waals surface area contributed by atoms with E-state index in [-0.39, 0.29) is 28.1 Å². The highest BCUT2D eigenvalue weighted by atomic mass is 32.2. The van der Waals surface area contributed by atoms with Crippen LogP contribution in [0.2, 0.25) is 0 Å². The van der Waals surface area contributed by atoms with Crippen LogP contribution >= 0.6 is 0 Å². The summed E-state index contributed by atoms with van der Waals surface area (Å²) in [5, 5.41) is 0. The number of morpholine rings is 1. The van der Waals surface area contributed by atoms with Gasteiger partial charge in [0.15, 0.2) is 9.84 Å². The molecule has 0 saturated carbocycles. The highest BCUT2D eigenvalue weighted by molar-refractivity contribution is 7.91. The Bertz CT molecular complexity index is 743. The molecular formula is C12H18N2O5S2. The lowest BCUT2D eigenvalue weighted by molar-refractivity contribution is 0.0393. The maximum atomic E-state index is 12.7. The molecule has 2 rings (SSSR count). The molecule has 1 aromatic carbocycles. The molecule has 9 heteroatoms. The van der Waals surface area contributed by atoms with Gasteiger partial charge in [0, 0.05) is 18.8 Å². The first-order chi connectivity index (χ1) is 9.64. The second kappa shape index (κ2) is 5.56. The lowest BCUT2D eigenvalue weighted by Crippen LogP contribution is -2.47.